The van der Waals surface area contributed by atoms with Gasteiger partial charge in [0.1, 0.15) is 23.9 Å². The highest BCUT2D eigenvalue weighted by molar-refractivity contribution is 6.03. The second kappa shape index (κ2) is 7.53. The topological polar surface area (TPSA) is 73.6 Å². The number of carbonyl (C=O) groups excluding carboxylic acids is 1. The Labute approximate surface area is 145 Å². The van der Waals surface area contributed by atoms with Gasteiger partial charge in [-0.05, 0) is 43.3 Å². The molecule has 0 aliphatic carbocycles. The molecule has 0 spiro atoms. The Morgan fingerprint density at radius 3 is 2.48 bits per heavy atom. The van der Waals surface area contributed by atoms with Gasteiger partial charge < -0.3 is 19.3 Å². The van der Waals surface area contributed by atoms with Crippen molar-refractivity contribution in [3.63, 3.8) is 0 Å². The minimum Gasteiger partial charge on any atom is -0.497 e. The number of para-hydroxylation sites is 1. The van der Waals surface area contributed by atoms with Crippen LogP contribution in [0, 0.1) is 6.92 Å². The molecule has 1 heterocycles. The van der Waals surface area contributed by atoms with E-state index in [1.54, 1.807) is 38.3 Å². The molecular formula is C19H18N2O4. The lowest BCUT2D eigenvalue weighted by Gasteiger charge is -2.07. The molecule has 1 aromatic heterocycles. The number of ether oxygens (including phenoxy) is 2. The number of hydrogen-bond acceptors (Lipinski definition) is 5. The summed E-state index contributed by atoms with van der Waals surface area (Å²) in [6, 6.07) is 16.4. The second-order valence-electron chi connectivity index (χ2n) is 5.35. The summed E-state index contributed by atoms with van der Waals surface area (Å²) in [5.74, 6) is 1.63. The Bertz CT molecular complexity index is 842. The smallest absolute Gasteiger partial charge is 0.278 e. The number of amides is 1. The molecule has 0 saturated carbocycles. The SMILES string of the molecule is COc1ccc(NC(=O)c2noc(C)c2COc2ccccc2)cc1. The van der Waals surface area contributed by atoms with Crippen LogP contribution < -0.4 is 14.8 Å². The average Bonchev–Trinajstić information content (AvgIpc) is 3.02. The van der Waals surface area contributed by atoms with Crippen molar-refractivity contribution in [2.24, 2.45) is 0 Å². The summed E-state index contributed by atoms with van der Waals surface area (Å²) in [6.45, 7) is 1.95. The van der Waals surface area contributed by atoms with Gasteiger partial charge in [-0.25, -0.2) is 0 Å². The number of aromatic nitrogens is 1. The largest absolute Gasteiger partial charge is 0.497 e. The van der Waals surface area contributed by atoms with Crippen LogP contribution in [-0.2, 0) is 6.61 Å². The maximum atomic E-state index is 12.5. The molecule has 1 amide bonds. The van der Waals surface area contributed by atoms with E-state index in [1.807, 2.05) is 30.3 Å². The molecule has 0 aliphatic rings. The molecule has 6 heteroatoms. The lowest BCUT2D eigenvalue weighted by Crippen LogP contribution is -2.15. The highest BCUT2D eigenvalue weighted by atomic mass is 16.5. The van der Waals surface area contributed by atoms with E-state index in [9.17, 15) is 4.79 Å². The molecular weight excluding hydrogens is 320 g/mol. The Balaban J connectivity index is 1.72. The number of nitrogens with zero attached hydrogens (tertiary/aromatic N) is 1. The van der Waals surface area contributed by atoms with Crippen molar-refractivity contribution in [3.05, 3.63) is 71.6 Å². The van der Waals surface area contributed by atoms with Gasteiger partial charge in [-0.15, -0.1) is 0 Å². The fraction of sp³-hybridized carbons (Fsp3) is 0.158. The molecule has 6 nitrogen and oxygen atoms in total. The number of carbonyl (C=O) groups is 1. The molecule has 0 bridgehead atoms. The van der Waals surface area contributed by atoms with Crippen molar-refractivity contribution in [1.29, 1.82) is 0 Å². The number of rotatable bonds is 6. The van der Waals surface area contributed by atoms with Crippen molar-refractivity contribution in [2.75, 3.05) is 12.4 Å². The normalized spacial score (nSPS) is 10.3. The van der Waals surface area contributed by atoms with Gasteiger partial charge in [-0.2, -0.15) is 0 Å². The van der Waals surface area contributed by atoms with Gasteiger partial charge in [-0.3, -0.25) is 4.79 Å². The first kappa shape index (κ1) is 16.6. The van der Waals surface area contributed by atoms with Gasteiger partial charge in [0.25, 0.3) is 5.91 Å². The Morgan fingerprint density at radius 1 is 1.08 bits per heavy atom. The number of nitrogens with one attached hydrogen (secondary N) is 1. The molecule has 3 aromatic rings. The maximum Gasteiger partial charge on any atom is 0.278 e. The monoisotopic (exact) mass is 338 g/mol. The van der Waals surface area contributed by atoms with Crippen LogP contribution >= 0.6 is 0 Å². The molecule has 0 unspecified atom stereocenters. The summed E-state index contributed by atoms with van der Waals surface area (Å²) in [6.07, 6.45) is 0. The zero-order valence-electron chi connectivity index (χ0n) is 14.0. The Kier molecular flexibility index (Phi) is 4.99. The Hall–Kier alpha value is -3.28. The summed E-state index contributed by atoms with van der Waals surface area (Å²) in [5, 5.41) is 6.65. The number of hydrogen-bond donors (Lipinski definition) is 1. The van der Waals surface area contributed by atoms with E-state index < -0.39 is 0 Å². The second-order valence-corrected chi connectivity index (χ2v) is 5.35. The maximum absolute atomic E-state index is 12.5. The van der Waals surface area contributed by atoms with Gasteiger partial charge >= 0.3 is 0 Å². The summed E-state index contributed by atoms with van der Waals surface area (Å²) < 4.78 is 16.0. The van der Waals surface area contributed by atoms with Crippen LogP contribution in [0.15, 0.2) is 59.1 Å². The molecule has 1 N–H and O–H groups in total. The third-order valence-electron chi connectivity index (χ3n) is 3.67. The molecule has 0 aliphatic heterocycles. The van der Waals surface area contributed by atoms with E-state index in [1.165, 1.54) is 0 Å². The van der Waals surface area contributed by atoms with Crippen molar-refractivity contribution in [3.8, 4) is 11.5 Å². The first-order valence-electron chi connectivity index (χ1n) is 7.76. The molecule has 128 valence electrons. The van der Waals surface area contributed by atoms with Crippen LogP contribution in [-0.4, -0.2) is 18.2 Å². The van der Waals surface area contributed by atoms with Crippen LogP contribution in [0.1, 0.15) is 21.8 Å². The van der Waals surface area contributed by atoms with E-state index in [0.29, 0.717) is 28.5 Å². The third-order valence-corrected chi connectivity index (χ3v) is 3.67. The third kappa shape index (κ3) is 3.98. The van der Waals surface area contributed by atoms with Gasteiger partial charge in [0.2, 0.25) is 0 Å². The number of anilines is 1. The minimum absolute atomic E-state index is 0.199. The van der Waals surface area contributed by atoms with Crippen molar-refractivity contribution >= 4 is 11.6 Å². The zero-order chi connectivity index (χ0) is 17.6. The molecule has 25 heavy (non-hydrogen) atoms. The van der Waals surface area contributed by atoms with E-state index in [0.717, 1.165) is 0 Å². The minimum atomic E-state index is -0.353. The van der Waals surface area contributed by atoms with E-state index in [2.05, 4.69) is 10.5 Å². The van der Waals surface area contributed by atoms with Crippen molar-refractivity contribution in [1.82, 2.24) is 5.16 Å². The number of benzene rings is 2. The van der Waals surface area contributed by atoms with Gasteiger partial charge in [0.05, 0.1) is 12.7 Å². The van der Waals surface area contributed by atoms with Gasteiger partial charge in [0, 0.05) is 5.69 Å². The quantitative estimate of drug-likeness (QED) is 0.739. The van der Waals surface area contributed by atoms with E-state index in [4.69, 9.17) is 14.0 Å². The van der Waals surface area contributed by atoms with Crippen LogP contribution in [0.3, 0.4) is 0 Å². The van der Waals surface area contributed by atoms with Crippen LogP contribution in [0.5, 0.6) is 11.5 Å². The average molecular weight is 338 g/mol. The van der Waals surface area contributed by atoms with Crippen LogP contribution in [0.25, 0.3) is 0 Å². The standard InChI is InChI=1S/C19H18N2O4/c1-13-17(12-24-16-6-4-3-5-7-16)18(21-25-13)19(22)20-14-8-10-15(23-2)11-9-14/h3-11H,12H2,1-2H3,(H,20,22). The zero-order valence-corrected chi connectivity index (χ0v) is 14.0. The highest BCUT2D eigenvalue weighted by Crippen LogP contribution is 2.20. The van der Waals surface area contributed by atoms with Crippen LogP contribution in [0.4, 0.5) is 5.69 Å². The van der Waals surface area contributed by atoms with Crippen molar-refractivity contribution < 1.29 is 18.8 Å². The lowest BCUT2D eigenvalue weighted by molar-refractivity contribution is 0.101. The molecule has 0 saturated heterocycles. The number of aryl methyl sites for hydroxylation is 1. The number of methoxy groups -OCH3 is 1. The van der Waals surface area contributed by atoms with Crippen molar-refractivity contribution in [2.45, 2.75) is 13.5 Å². The Morgan fingerprint density at radius 2 is 1.80 bits per heavy atom. The molecule has 0 atom stereocenters. The molecule has 0 radical (unpaired) electrons. The summed E-state index contributed by atoms with van der Waals surface area (Å²) in [4.78, 5) is 12.5. The predicted molar refractivity (Wildman–Crippen MR) is 93.0 cm³/mol. The molecule has 2 aromatic carbocycles. The summed E-state index contributed by atoms with van der Waals surface area (Å²) in [5.41, 5.74) is 1.47. The molecule has 0 fully saturated rings. The van der Waals surface area contributed by atoms with E-state index >= 15 is 0 Å². The predicted octanol–water partition coefficient (Wildman–Crippen LogP) is 3.82. The first-order valence-corrected chi connectivity index (χ1v) is 7.76. The van der Waals surface area contributed by atoms with E-state index in [-0.39, 0.29) is 18.2 Å². The van der Waals surface area contributed by atoms with Crippen LogP contribution in [0.2, 0.25) is 0 Å². The summed E-state index contributed by atoms with van der Waals surface area (Å²) in [7, 11) is 1.59. The highest BCUT2D eigenvalue weighted by Gasteiger charge is 2.20. The first-order chi connectivity index (χ1) is 12.2. The fourth-order valence-electron chi connectivity index (χ4n) is 2.28. The molecule has 3 rings (SSSR count). The van der Waals surface area contributed by atoms with Gasteiger partial charge in [0.15, 0.2) is 5.69 Å². The fourth-order valence-corrected chi connectivity index (χ4v) is 2.28. The lowest BCUT2D eigenvalue weighted by atomic mass is 10.2. The summed E-state index contributed by atoms with van der Waals surface area (Å²) >= 11 is 0. The van der Waals surface area contributed by atoms with Gasteiger partial charge in [-0.1, -0.05) is 23.4 Å².